The third-order valence-corrected chi connectivity index (χ3v) is 1.73. The van der Waals surface area contributed by atoms with Crippen molar-refractivity contribution in [3.05, 3.63) is 0 Å². The summed E-state index contributed by atoms with van der Waals surface area (Å²) in [6.07, 6.45) is -0.560. The van der Waals surface area contributed by atoms with Gasteiger partial charge in [-0.2, -0.15) is 5.26 Å². The van der Waals surface area contributed by atoms with Crippen LogP contribution < -0.4 is 5.73 Å². The first-order valence-corrected chi connectivity index (χ1v) is 4.18. The Morgan fingerprint density at radius 3 is 2.31 bits per heavy atom. The van der Waals surface area contributed by atoms with Gasteiger partial charge in [-0.3, -0.25) is 4.79 Å². The van der Waals surface area contributed by atoms with Crippen molar-refractivity contribution in [2.75, 3.05) is 0 Å². The van der Waals surface area contributed by atoms with Crippen molar-refractivity contribution in [1.82, 2.24) is 0 Å². The topological polar surface area (TPSA) is 76.1 Å². The van der Waals surface area contributed by atoms with Gasteiger partial charge >= 0.3 is 5.97 Å². The molecule has 0 saturated heterocycles. The molecule has 0 spiro atoms. The molecule has 2 N–H and O–H groups in total. The number of carbonyl (C=O) groups is 1. The van der Waals surface area contributed by atoms with Gasteiger partial charge in [0.15, 0.2) is 0 Å². The molecule has 0 aliphatic rings. The molecule has 13 heavy (non-hydrogen) atoms. The molecular weight excluding hydrogens is 168 g/mol. The van der Waals surface area contributed by atoms with Crippen LogP contribution in [0.25, 0.3) is 0 Å². The van der Waals surface area contributed by atoms with Crippen molar-refractivity contribution < 1.29 is 9.53 Å². The Morgan fingerprint density at radius 1 is 1.62 bits per heavy atom. The second-order valence-corrected chi connectivity index (χ2v) is 3.67. The van der Waals surface area contributed by atoms with Crippen molar-refractivity contribution in [3.63, 3.8) is 0 Å². The molecule has 0 rings (SSSR count). The molecule has 0 aliphatic carbocycles. The SMILES string of the molecule is CC(=O)OC(C(C)C)C(C)(N)C#N. The Kier molecular flexibility index (Phi) is 3.89. The van der Waals surface area contributed by atoms with Crippen LogP contribution in [0, 0.1) is 17.2 Å². The third-order valence-electron chi connectivity index (χ3n) is 1.73. The summed E-state index contributed by atoms with van der Waals surface area (Å²) in [5, 5.41) is 8.76. The van der Waals surface area contributed by atoms with Crippen LogP contribution in [0.5, 0.6) is 0 Å². The lowest BCUT2D eigenvalue weighted by Crippen LogP contribution is -2.51. The van der Waals surface area contributed by atoms with E-state index in [1.165, 1.54) is 6.92 Å². The van der Waals surface area contributed by atoms with Crippen LogP contribution >= 0.6 is 0 Å². The molecule has 0 radical (unpaired) electrons. The first-order valence-electron chi connectivity index (χ1n) is 4.18. The van der Waals surface area contributed by atoms with Gasteiger partial charge in [0.05, 0.1) is 6.07 Å². The molecule has 2 atom stereocenters. The summed E-state index contributed by atoms with van der Waals surface area (Å²) in [6, 6.07) is 1.93. The minimum Gasteiger partial charge on any atom is -0.459 e. The third kappa shape index (κ3) is 3.43. The molecule has 0 fully saturated rings. The molecule has 0 saturated carbocycles. The maximum absolute atomic E-state index is 10.7. The number of ether oxygens (including phenoxy) is 1. The average molecular weight is 184 g/mol. The molecule has 4 heteroatoms. The van der Waals surface area contributed by atoms with Gasteiger partial charge in [0, 0.05) is 6.92 Å². The van der Waals surface area contributed by atoms with E-state index in [0.717, 1.165) is 0 Å². The Balaban J connectivity index is 4.63. The first kappa shape index (κ1) is 11.9. The molecule has 0 bridgehead atoms. The zero-order valence-electron chi connectivity index (χ0n) is 8.50. The molecule has 0 amide bonds. The lowest BCUT2D eigenvalue weighted by Gasteiger charge is -2.30. The molecule has 0 aliphatic heterocycles. The van der Waals surface area contributed by atoms with Crippen molar-refractivity contribution in [1.29, 1.82) is 5.26 Å². The molecule has 0 aromatic heterocycles. The summed E-state index contributed by atoms with van der Waals surface area (Å²) in [6.45, 7) is 6.58. The van der Waals surface area contributed by atoms with E-state index >= 15 is 0 Å². The van der Waals surface area contributed by atoms with Crippen LogP contribution in [-0.4, -0.2) is 17.6 Å². The number of nitriles is 1. The average Bonchev–Trinajstić information content (AvgIpc) is 1.99. The summed E-state index contributed by atoms with van der Waals surface area (Å²) in [5.41, 5.74) is 4.55. The van der Waals surface area contributed by atoms with Crippen LogP contribution in [0.2, 0.25) is 0 Å². The predicted molar refractivity (Wildman–Crippen MR) is 48.6 cm³/mol. The van der Waals surface area contributed by atoms with Gasteiger partial charge in [-0.1, -0.05) is 13.8 Å². The lowest BCUT2D eigenvalue weighted by molar-refractivity contribution is -0.151. The van der Waals surface area contributed by atoms with E-state index in [1.807, 2.05) is 19.9 Å². The van der Waals surface area contributed by atoms with Crippen LogP contribution in [0.15, 0.2) is 0 Å². The fourth-order valence-corrected chi connectivity index (χ4v) is 1.19. The van der Waals surface area contributed by atoms with E-state index in [-0.39, 0.29) is 5.92 Å². The van der Waals surface area contributed by atoms with Gasteiger partial charge < -0.3 is 10.5 Å². The van der Waals surface area contributed by atoms with Gasteiger partial charge in [-0.25, -0.2) is 0 Å². The Morgan fingerprint density at radius 2 is 2.08 bits per heavy atom. The van der Waals surface area contributed by atoms with Crippen molar-refractivity contribution in [2.24, 2.45) is 11.7 Å². The summed E-state index contributed by atoms with van der Waals surface area (Å²) in [5.74, 6) is -0.385. The van der Waals surface area contributed by atoms with E-state index in [0.29, 0.717) is 0 Å². The molecule has 0 aromatic carbocycles. The molecule has 2 unspecified atom stereocenters. The van der Waals surface area contributed by atoms with Crippen LogP contribution in [0.3, 0.4) is 0 Å². The van der Waals surface area contributed by atoms with Crippen molar-refractivity contribution >= 4 is 5.97 Å². The number of esters is 1. The molecule has 4 nitrogen and oxygen atoms in total. The number of carbonyl (C=O) groups excluding carboxylic acids is 1. The molecule has 74 valence electrons. The van der Waals surface area contributed by atoms with Crippen LogP contribution in [-0.2, 0) is 9.53 Å². The summed E-state index contributed by atoms with van der Waals surface area (Å²) in [7, 11) is 0. The summed E-state index contributed by atoms with van der Waals surface area (Å²) < 4.78 is 4.98. The van der Waals surface area contributed by atoms with Gasteiger partial charge in [-0.05, 0) is 12.8 Å². The highest BCUT2D eigenvalue weighted by Gasteiger charge is 2.35. The minimum absolute atomic E-state index is 0.0264. The minimum atomic E-state index is -1.13. The van der Waals surface area contributed by atoms with E-state index < -0.39 is 17.6 Å². The number of nitrogens with zero attached hydrogens (tertiary/aromatic N) is 1. The lowest BCUT2D eigenvalue weighted by atomic mass is 9.89. The monoisotopic (exact) mass is 184 g/mol. The van der Waals surface area contributed by atoms with Gasteiger partial charge in [0.1, 0.15) is 11.6 Å². The Bertz CT molecular complexity index is 228. The highest BCUT2D eigenvalue weighted by molar-refractivity contribution is 5.66. The number of nitrogens with two attached hydrogens (primary N) is 1. The highest BCUT2D eigenvalue weighted by Crippen LogP contribution is 2.18. The zero-order chi connectivity index (χ0) is 10.6. The van der Waals surface area contributed by atoms with E-state index in [1.54, 1.807) is 6.92 Å². The quantitative estimate of drug-likeness (QED) is 0.659. The molecular formula is C9H16N2O2. The van der Waals surface area contributed by atoms with Gasteiger partial charge in [0.25, 0.3) is 0 Å². The largest absolute Gasteiger partial charge is 0.459 e. The number of hydrogen-bond donors (Lipinski definition) is 1. The Hall–Kier alpha value is -1.08. The van der Waals surface area contributed by atoms with Crippen molar-refractivity contribution in [3.8, 4) is 6.07 Å². The normalized spacial score (nSPS) is 17.3. The fraction of sp³-hybridized carbons (Fsp3) is 0.778. The zero-order valence-corrected chi connectivity index (χ0v) is 8.50. The Labute approximate surface area is 78.7 Å². The van der Waals surface area contributed by atoms with E-state index in [4.69, 9.17) is 15.7 Å². The van der Waals surface area contributed by atoms with Crippen molar-refractivity contribution in [2.45, 2.75) is 39.3 Å². The van der Waals surface area contributed by atoms with Gasteiger partial charge in [-0.15, -0.1) is 0 Å². The fourth-order valence-electron chi connectivity index (χ4n) is 1.19. The van der Waals surface area contributed by atoms with E-state index in [2.05, 4.69) is 0 Å². The maximum atomic E-state index is 10.7. The summed E-state index contributed by atoms with van der Waals surface area (Å²) in [4.78, 5) is 10.7. The molecule has 0 aromatic rings. The second-order valence-electron chi connectivity index (χ2n) is 3.67. The predicted octanol–water partition coefficient (Wildman–Crippen LogP) is 0.815. The second kappa shape index (κ2) is 4.24. The van der Waals surface area contributed by atoms with Gasteiger partial charge in [0.2, 0.25) is 0 Å². The smallest absolute Gasteiger partial charge is 0.303 e. The maximum Gasteiger partial charge on any atom is 0.303 e. The molecule has 0 heterocycles. The van der Waals surface area contributed by atoms with Crippen LogP contribution in [0.4, 0.5) is 0 Å². The number of rotatable bonds is 3. The number of hydrogen-bond acceptors (Lipinski definition) is 4. The van der Waals surface area contributed by atoms with Crippen LogP contribution in [0.1, 0.15) is 27.7 Å². The highest BCUT2D eigenvalue weighted by atomic mass is 16.5. The first-order chi connectivity index (χ1) is 5.81. The van der Waals surface area contributed by atoms with E-state index in [9.17, 15) is 4.79 Å². The standard InChI is InChI=1S/C9H16N2O2/c1-6(2)8(13-7(3)12)9(4,11)5-10/h6,8H,11H2,1-4H3. The summed E-state index contributed by atoms with van der Waals surface area (Å²) >= 11 is 0.